The van der Waals surface area contributed by atoms with E-state index in [0.29, 0.717) is 0 Å². The topological polar surface area (TPSA) is 3.24 Å². The molecule has 1 saturated carbocycles. The highest BCUT2D eigenvalue weighted by molar-refractivity contribution is 4.96. The monoisotopic (exact) mass is 115 g/mol. The van der Waals surface area contributed by atoms with E-state index in [1.165, 1.54) is 26.1 Å². The van der Waals surface area contributed by atoms with E-state index in [-0.39, 0.29) is 2.85 Å². The molecular formula is C7H17N. The predicted molar refractivity (Wildman–Crippen MR) is 37.9 cm³/mol. The van der Waals surface area contributed by atoms with Crippen LogP contribution >= 0.6 is 0 Å². The molecule has 0 aromatic rings. The molecule has 0 bridgehead atoms. The van der Waals surface area contributed by atoms with Gasteiger partial charge in [-0.05, 0) is 24.8 Å². The summed E-state index contributed by atoms with van der Waals surface area (Å²) in [6.07, 6.45) is 1.54. The van der Waals surface area contributed by atoms with Crippen LogP contribution in [0.15, 0.2) is 0 Å². The molecule has 0 N–H and O–H groups in total. The largest absolute Gasteiger partial charge is 0.303 e. The maximum atomic E-state index is 2.55. The highest BCUT2D eigenvalue weighted by atomic mass is 15.2. The summed E-state index contributed by atoms with van der Waals surface area (Å²) in [6.45, 7) is 6.33. The first-order chi connectivity index (χ1) is 3.90. The molecule has 2 aliphatic rings. The second-order valence-electron chi connectivity index (χ2n) is 3.11. The Balaban J connectivity index is 0.000000405. The molecule has 1 saturated heterocycles. The van der Waals surface area contributed by atoms with Crippen molar-refractivity contribution in [3.05, 3.63) is 0 Å². The summed E-state index contributed by atoms with van der Waals surface area (Å²) in [4.78, 5) is 2.55. The Hall–Kier alpha value is -0.0400. The van der Waals surface area contributed by atoms with Gasteiger partial charge in [0, 0.05) is 15.9 Å². The summed E-state index contributed by atoms with van der Waals surface area (Å²) >= 11 is 0. The Morgan fingerprint density at radius 2 is 2.12 bits per heavy atom. The van der Waals surface area contributed by atoms with Gasteiger partial charge in [-0.25, -0.2) is 0 Å². The molecule has 1 heterocycles. The van der Waals surface area contributed by atoms with Crippen LogP contribution in [0.4, 0.5) is 0 Å². The molecular weight excluding hydrogens is 98.1 g/mol. The molecule has 0 amide bonds. The fourth-order valence-corrected chi connectivity index (χ4v) is 1.75. The summed E-state index contributed by atoms with van der Waals surface area (Å²) in [6, 6.07) is 0. The lowest BCUT2D eigenvalue weighted by atomic mass is 10.4. The molecule has 8 heavy (non-hydrogen) atoms. The molecule has 2 fully saturated rings. The van der Waals surface area contributed by atoms with Crippen molar-refractivity contribution in [3.63, 3.8) is 0 Å². The van der Waals surface area contributed by atoms with Crippen LogP contribution in [-0.2, 0) is 0 Å². The minimum Gasteiger partial charge on any atom is -0.303 e. The average Bonchev–Trinajstić information content (AvgIpc) is 2.40. The number of hydrogen-bond donors (Lipinski definition) is 0. The molecule has 1 aliphatic carbocycles. The summed E-state index contributed by atoms with van der Waals surface area (Å²) in [5.74, 6) is 2.24. The summed E-state index contributed by atoms with van der Waals surface area (Å²) in [5, 5.41) is 0. The van der Waals surface area contributed by atoms with Gasteiger partial charge in [0.15, 0.2) is 0 Å². The number of hydrogen-bond acceptors (Lipinski definition) is 1. The van der Waals surface area contributed by atoms with Gasteiger partial charge in [0.1, 0.15) is 0 Å². The highest BCUT2D eigenvalue weighted by Gasteiger charge is 2.44. The van der Waals surface area contributed by atoms with Crippen LogP contribution in [0.2, 0.25) is 0 Å². The van der Waals surface area contributed by atoms with E-state index in [0.717, 1.165) is 11.8 Å². The SMILES string of the molecule is CCN1CC2CC2C1.[HH].[HH]. The van der Waals surface area contributed by atoms with E-state index < -0.39 is 0 Å². The van der Waals surface area contributed by atoms with E-state index in [2.05, 4.69) is 11.8 Å². The fraction of sp³-hybridized carbons (Fsp3) is 1.00. The van der Waals surface area contributed by atoms with Crippen LogP contribution in [0.3, 0.4) is 0 Å². The van der Waals surface area contributed by atoms with Crippen LogP contribution in [0.1, 0.15) is 16.2 Å². The Kier molecular flexibility index (Phi) is 0.884. The Labute approximate surface area is 53.6 Å². The number of rotatable bonds is 1. The van der Waals surface area contributed by atoms with Gasteiger partial charge >= 0.3 is 0 Å². The lowest BCUT2D eigenvalue weighted by molar-refractivity contribution is 0.322. The first-order valence-corrected chi connectivity index (χ1v) is 3.62. The van der Waals surface area contributed by atoms with Gasteiger partial charge in [0.05, 0.1) is 0 Å². The predicted octanol–water partition coefficient (Wildman–Crippen LogP) is 1.45. The van der Waals surface area contributed by atoms with Crippen LogP contribution in [-0.4, -0.2) is 24.5 Å². The maximum Gasteiger partial charge on any atom is 0.00129 e. The molecule has 0 spiro atoms. The first kappa shape index (κ1) is 4.80. The Morgan fingerprint density at radius 1 is 1.50 bits per heavy atom. The van der Waals surface area contributed by atoms with Gasteiger partial charge in [0.2, 0.25) is 0 Å². The van der Waals surface area contributed by atoms with Crippen molar-refractivity contribution in [3.8, 4) is 0 Å². The van der Waals surface area contributed by atoms with Gasteiger partial charge in [-0.2, -0.15) is 0 Å². The van der Waals surface area contributed by atoms with Crippen LogP contribution < -0.4 is 0 Å². The normalized spacial score (nSPS) is 44.6. The van der Waals surface area contributed by atoms with E-state index >= 15 is 0 Å². The van der Waals surface area contributed by atoms with Crippen LogP contribution in [0.25, 0.3) is 0 Å². The average molecular weight is 115 g/mol. The van der Waals surface area contributed by atoms with E-state index in [9.17, 15) is 0 Å². The van der Waals surface area contributed by atoms with Gasteiger partial charge in [-0.3, -0.25) is 0 Å². The third-order valence-electron chi connectivity index (χ3n) is 2.50. The molecule has 2 unspecified atom stereocenters. The standard InChI is InChI=1S/C7H13N.2H2/c1-2-8-4-6-3-7(6)5-8;;/h6-7H,2-5H2,1H3;2*1H. The molecule has 2 rings (SSSR count). The maximum absolute atomic E-state index is 2.55. The number of fused-ring (bicyclic) bond motifs is 1. The van der Waals surface area contributed by atoms with Crippen molar-refractivity contribution >= 4 is 0 Å². The zero-order valence-electron chi connectivity index (χ0n) is 5.43. The smallest absolute Gasteiger partial charge is 0.00129 e. The van der Waals surface area contributed by atoms with Gasteiger partial charge < -0.3 is 4.90 Å². The number of piperidine rings is 1. The minimum absolute atomic E-state index is 0. The second kappa shape index (κ2) is 1.47. The van der Waals surface area contributed by atoms with Crippen molar-refractivity contribution in [1.82, 2.24) is 4.90 Å². The van der Waals surface area contributed by atoms with Crippen molar-refractivity contribution in [1.29, 1.82) is 0 Å². The Morgan fingerprint density at radius 3 is 2.50 bits per heavy atom. The molecule has 50 valence electrons. The highest BCUT2D eigenvalue weighted by Crippen LogP contribution is 2.44. The van der Waals surface area contributed by atoms with E-state index in [4.69, 9.17) is 0 Å². The van der Waals surface area contributed by atoms with E-state index in [1.807, 2.05) is 0 Å². The second-order valence-corrected chi connectivity index (χ2v) is 3.11. The molecule has 0 aromatic carbocycles. The minimum atomic E-state index is 0. The third kappa shape index (κ3) is 0.576. The number of nitrogens with zero attached hydrogens (tertiary/aromatic N) is 1. The molecule has 1 aliphatic heterocycles. The van der Waals surface area contributed by atoms with Crippen molar-refractivity contribution in [2.75, 3.05) is 19.6 Å². The lowest BCUT2D eigenvalue weighted by Crippen LogP contribution is -2.21. The zero-order chi connectivity index (χ0) is 5.56. The quantitative estimate of drug-likeness (QED) is 0.500. The lowest BCUT2D eigenvalue weighted by Gasteiger charge is -2.12. The van der Waals surface area contributed by atoms with Crippen molar-refractivity contribution in [2.24, 2.45) is 11.8 Å². The Bertz CT molecular complexity index is 97.8. The van der Waals surface area contributed by atoms with Gasteiger partial charge in [0.25, 0.3) is 0 Å². The van der Waals surface area contributed by atoms with Gasteiger partial charge in [-0.1, -0.05) is 6.92 Å². The van der Waals surface area contributed by atoms with Crippen LogP contribution in [0.5, 0.6) is 0 Å². The third-order valence-corrected chi connectivity index (χ3v) is 2.50. The first-order valence-electron chi connectivity index (χ1n) is 3.62. The molecule has 0 radical (unpaired) electrons. The summed E-state index contributed by atoms with van der Waals surface area (Å²) in [5.41, 5.74) is 0. The van der Waals surface area contributed by atoms with Crippen molar-refractivity contribution in [2.45, 2.75) is 13.3 Å². The van der Waals surface area contributed by atoms with Crippen LogP contribution in [0, 0.1) is 11.8 Å². The van der Waals surface area contributed by atoms with Gasteiger partial charge in [-0.15, -0.1) is 0 Å². The number of likely N-dealkylation sites (tertiary alicyclic amines) is 1. The molecule has 0 aromatic heterocycles. The van der Waals surface area contributed by atoms with E-state index in [1.54, 1.807) is 0 Å². The fourth-order valence-electron chi connectivity index (χ4n) is 1.75. The summed E-state index contributed by atoms with van der Waals surface area (Å²) < 4.78 is 0. The molecule has 1 heteroatoms. The summed E-state index contributed by atoms with van der Waals surface area (Å²) in [7, 11) is 0. The zero-order valence-corrected chi connectivity index (χ0v) is 5.43. The molecule has 2 atom stereocenters. The molecule has 1 nitrogen and oxygen atoms in total. The van der Waals surface area contributed by atoms with Crippen molar-refractivity contribution < 1.29 is 2.85 Å².